The van der Waals surface area contributed by atoms with E-state index in [1.807, 2.05) is 18.2 Å². The molecule has 3 nitrogen and oxygen atoms in total. The molecule has 1 atom stereocenters. The molecule has 16 heavy (non-hydrogen) atoms. The van der Waals surface area contributed by atoms with Crippen molar-refractivity contribution in [2.24, 2.45) is 5.92 Å². The Morgan fingerprint density at radius 3 is 2.88 bits per heavy atom. The van der Waals surface area contributed by atoms with E-state index in [9.17, 15) is 0 Å². The molecule has 86 valence electrons. The monoisotopic (exact) mass is 219 g/mol. The predicted molar refractivity (Wildman–Crippen MR) is 65.3 cm³/mol. The number of rotatable bonds is 3. The lowest BCUT2D eigenvalue weighted by molar-refractivity contribution is 0.320. The van der Waals surface area contributed by atoms with Gasteiger partial charge in [0.15, 0.2) is 0 Å². The van der Waals surface area contributed by atoms with Gasteiger partial charge in [0.25, 0.3) is 0 Å². The zero-order valence-corrected chi connectivity index (χ0v) is 9.63. The summed E-state index contributed by atoms with van der Waals surface area (Å²) in [5.74, 6) is 0.784. The lowest BCUT2D eigenvalue weighted by atomic mass is 9.79. The van der Waals surface area contributed by atoms with Crippen molar-refractivity contribution in [1.29, 1.82) is 0 Å². The van der Waals surface area contributed by atoms with Gasteiger partial charge in [0.1, 0.15) is 0 Å². The molecule has 0 radical (unpaired) electrons. The van der Waals surface area contributed by atoms with Gasteiger partial charge in [0.05, 0.1) is 0 Å². The van der Waals surface area contributed by atoms with Crippen molar-refractivity contribution in [1.82, 2.24) is 4.90 Å². The van der Waals surface area contributed by atoms with E-state index in [-0.39, 0.29) is 0 Å². The minimum Gasteiger partial charge on any atom is -0.423 e. The highest BCUT2D eigenvalue weighted by atomic mass is 16.4. The summed E-state index contributed by atoms with van der Waals surface area (Å²) in [5.41, 5.74) is 1.73. The summed E-state index contributed by atoms with van der Waals surface area (Å²) in [6.45, 7) is 5.47. The normalized spacial score (nSPS) is 21.3. The first kappa shape index (κ1) is 11.6. The summed E-state index contributed by atoms with van der Waals surface area (Å²) in [7, 11) is -1.36. The Balaban J connectivity index is 2.01. The van der Waals surface area contributed by atoms with E-state index in [0.29, 0.717) is 5.46 Å². The third-order valence-electron chi connectivity index (χ3n) is 3.16. The largest absolute Gasteiger partial charge is 0.488 e. The summed E-state index contributed by atoms with van der Waals surface area (Å²) in [6, 6.07) is 7.52. The van der Waals surface area contributed by atoms with Crippen LogP contribution in [0.4, 0.5) is 0 Å². The molecule has 1 aromatic carbocycles. The van der Waals surface area contributed by atoms with Crippen LogP contribution in [0.25, 0.3) is 0 Å². The van der Waals surface area contributed by atoms with E-state index in [4.69, 9.17) is 10.0 Å². The highest BCUT2D eigenvalue weighted by Crippen LogP contribution is 2.17. The van der Waals surface area contributed by atoms with Gasteiger partial charge in [0, 0.05) is 13.1 Å². The molecule has 0 amide bonds. The molecule has 2 rings (SSSR count). The standard InChI is InChI=1S/C12H18BNO2/c1-10-5-6-14(8-10)9-11-3-2-4-12(7-11)13(15)16/h2-4,7,10,15-16H,5-6,8-9H2,1H3. The number of nitrogens with zero attached hydrogens (tertiary/aromatic N) is 1. The van der Waals surface area contributed by atoms with E-state index >= 15 is 0 Å². The van der Waals surface area contributed by atoms with Crippen LogP contribution in [-0.2, 0) is 6.54 Å². The van der Waals surface area contributed by atoms with Crippen LogP contribution in [0, 0.1) is 5.92 Å². The lowest BCUT2D eigenvalue weighted by Gasteiger charge is -2.15. The zero-order chi connectivity index (χ0) is 11.5. The minimum absolute atomic E-state index is 0.574. The summed E-state index contributed by atoms with van der Waals surface area (Å²) in [6.07, 6.45) is 1.27. The molecule has 0 aromatic heterocycles. The first-order valence-corrected chi connectivity index (χ1v) is 5.82. The second-order valence-corrected chi connectivity index (χ2v) is 4.75. The van der Waals surface area contributed by atoms with Crippen LogP contribution < -0.4 is 5.46 Å². The zero-order valence-electron chi connectivity index (χ0n) is 9.63. The maximum Gasteiger partial charge on any atom is 0.488 e. The van der Waals surface area contributed by atoms with Gasteiger partial charge >= 0.3 is 7.12 Å². The van der Waals surface area contributed by atoms with E-state index in [1.54, 1.807) is 6.07 Å². The second kappa shape index (κ2) is 5.00. The molecule has 0 bridgehead atoms. The molecule has 1 unspecified atom stereocenters. The van der Waals surface area contributed by atoms with Crippen molar-refractivity contribution in [2.75, 3.05) is 13.1 Å². The molecule has 0 saturated carbocycles. The molecule has 1 heterocycles. The molecular weight excluding hydrogens is 201 g/mol. The highest BCUT2D eigenvalue weighted by Gasteiger charge is 2.19. The van der Waals surface area contributed by atoms with Crippen LogP contribution >= 0.6 is 0 Å². The van der Waals surface area contributed by atoms with Gasteiger partial charge in [0.2, 0.25) is 0 Å². The quantitative estimate of drug-likeness (QED) is 0.714. The summed E-state index contributed by atoms with van der Waals surface area (Å²) < 4.78 is 0. The van der Waals surface area contributed by atoms with Crippen molar-refractivity contribution >= 4 is 12.6 Å². The van der Waals surface area contributed by atoms with Crippen molar-refractivity contribution in [3.8, 4) is 0 Å². The van der Waals surface area contributed by atoms with E-state index in [0.717, 1.165) is 31.1 Å². The van der Waals surface area contributed by atoms with Gasteiger partial charge in [-0.25, -0.2) is 0 Å². The summed E-state index contributed by atoms with van der Waals surface area (Å²) in [4.78, 5) is 2.41. The molecule has 0 aliphatic carbocycles. The Labute approximate surface area is 96.9 Å². The fourth-order valence-electron chi connectivity index (χ4n) is 2.28. The molecule has 4 heteroatoms. The van der Waals surface area contributed by atoms with Gasteiger partial charge < -0.3 is 10.0 Å². The summed E-state index contributed by atoms with van der Waals surface area (Å²) in [5, 5.41) is 18.2. The molecule has 1 aromatic rings. The fourth-order valence-corrected chi connectivity index (χ4v) is 2.28. The molecule has 0 spiro atoms. The van der Waals surface area contributed by atoms with Gasteiger partial charge in [-0.2, -0.15) is 0 Å². The number of hydrogen-bond acceptors (Lipinski definition) is 3. The van der Waals surface area contributed by atoms with Crippen LogP contribution in [-0.4, -0.2) is 35.2 Å². The van der Waals surface area contributed by atoms with Crippen LogP contribution in [0.1, 0.15) is 18.9 Å². The SMILES string of the molecule is CC1CCN(Cc2cccc(B(O)O)c2)C1. The van der Waals surface area contributed by atoms with Gasteiger partial charge in [-0.1, -0.05) is 31.2 Å². The number of hydrogen-bond donors (Lipinski definition) is 2. The highest BCUT2D eigenvalue weighted by molar-refractivity contribution is 6.58. The maximum absolute atomic E-state index is 9.09. The Morgan fingerprint density at radius 1 is 1.44 bits per heavy atom. The van der Waals surface area contributed by atoms with Gasteiger partial charge in [-0.15, -0.1) is 0 Å². The summed E-state index contributed by atoms with van der Waals surface area (Å²) >= 11 is 0. The van der Waals surface area contributed by atoms with E-state index in [1.165, 1.54) is 6.42 Å². The Morgan fingerprint density at radius 2 is 2.25 bits per heavy atom. The van der Waals surface area contributed by atoms with Crippen LogP contribution in [0.3, 0.4) is 0 Å². The maximum atomic E-state index is 9.09. The van der Waals surface area contributed by atoms with Gasteiger partial charge in [-0.3, -0.25) is 4.90 Å². The Bertz CT molecular complexity index is 357. The average molecular weight is 219 g/mol. The molecule has 1 aliphatic heterocycles. The van der Waals surface area contributed by atoms with Crippen LogP contribution in [0.5, 0.6) is 0 Å². The molecular formula is C12H18BNO2. The van der Waals surface area contributed by atoms with Crippen LogP contribution in [0.2, 0.25) is 0 Å². The molecule has 1 aliphatic rings. The first-order valence-electron chi connectivity index (χ1n) is 5.82. The van der Waals surface area contributed by atoms with E-state index in [2.05, 4.69) is 11.8 Å². The Hall–Kier alpha value is -0.835. The second-order valence-electron chi connectivity index (χ2n) is 4.75. The number of benzene rings is 1. The third-order valence-corrected chi connectivity index (χ3v) is 3.16. The number of likely N-dealkylation sites (tertiary alicyclic amines) is 1. The first-order chi connectivity index (χ1) is 7.65. The third kappa shape index (κ3) is 2.85. The van der Waals surface area contributed by atoms with Crippen LogP contribution in [0.15, 0.2) is 24.3 Å². The van der Waals surface area contributed by atoms with Crippen molar-refractivity contribution < 1.29 is 10.0 Å². The van der Waals surface area contributed by atoms with Gasteiger partial charge in [-0.05, 0) is 29.9 Å². The molecule has 1 fully saturated rings. The van der Waals surface area contributed by atoms with E-state index < -0.39 is 7.12 Å². The fraction of sp³-hybridized carbons (Fsp3) is 0.500. The van der Waals surface area contributed by atoms with Crippen molar-refractivity contribution in [3.05, 3.63) is 29.8 Å². The lowest BCUT2D eigenvalue weighted by Crippen LogP contribution is -2.30. The Kier molecular flexibility index (Phi) is 3.64. The topological polar surface area (TPSA) is 43.7 Å². The average Bonchev–Trinajstić information content (AvgIpc) is 2.64. The van der Waals surface area contributed by atoms with Crippen molar-refractivity contribution in [3.63, 3.8) is 0 Å². The van der Waals surface area contributed by atoms with Crippen molar-refractivity contribution in [2.45, 2.75) is 19.9 Å². The smallest absolute Gasteiger partial charge is 0.423 e. The molecule has 2 N–H and O–H groups in total. The molecule has 1 saturated heterocycles. The predicted octanol–water partition coefficient (Wildman–Crippen LogP) is 0.208. The minimum atomic E-state index is -1.36.